The van der Waals surface area contributed by atoms with Gasteiger partial charge in [-0.25, -0.2) is 0 Å². The quantitative estimate of drug-likeness (QED) is 0.637. The Labute approximate surface area is 165 Å². The van der Waals surface area contributed by atoms with E-state index in [1.54, 1.807) is 27.2 Å². The van der Waals surface area contributed by atoms with Crippen molar-refractivity contribution in [3.05, 3.63) is 59.7 Å². The standard InChI is InChI=1S/C22H27NO5/c1-16(22(25)23-12-11-17-7-5-4-6-8-17)28-21(24)10-9-18-13-19(26-2)15-20(14-18)27-3/h4-8,13-16H,9-12H2,1-3H3,(H,23,25). The van der Waals surface area contributed by atoms with Gasteiger partial charge in [-0.1, -0.05) is 30.3 Å². The van der Waals surface area contributed by atoms with Crippen molar-refractivity contribution in [1.29, 1.82) is 0 Å². The molecule has 0 spiro atoms. The van der Waals surface area contributed by atoms with E-state index in [2.05, 4.69) is 5.32 Å². The van der Waals surface area contributed by atoms with Crippen molar-refractivity contribution in [2.24, 2.45) is 0 Å². The second-order valence-corrected chi connectivity index (χ2v) is 6.38. The Morgan fingerprint density at radius 1 is 0.929 bits per heavy atom. The summed E-state index contributed by atoms with van der Waals surface area (Å²) in [4.78, 5) is 24.2. The predicted molar refractivity (Wildman–Crippen MR) is 107 cm³/mol. The molecule has 1 amide bonds. The van der Waals surface area contributed by atoms with Gasteiger partial charge in [0.05, 0.1) is 14.2 Å². The highest BCUT2D eigenvalue weighted by molar-refractivity contribution is 5.83. The molecule has 0 aliphatic rings. The molecule has 1 atom stereocenters. The number of hydrogen-bond acceptors (Lipinski definition) is 5. The third-order valence-corrected chi connectivity index (χ3v) is 4.26. The monoisotopic (exact) mass is 385 g/mol. The molecule has 2 aromatic rings. The van der Waals surface area contributed by atoms with Crippen molar-refractivity contribution in [3.63, 3.8) is 0 Å². The molecule has 0 aliphatic heterocycles. The first-order valence-electron chi connectivity index (χ1n) is 9.25. The summed E-state index contributed by atoms with van der Waals surface area (Å²) in [5.74, 6) is 0.600. The summed E-state index contributed by atoms with van der Waals surface area (Å²) in [5, 5.41) is 2.79. The summed E-state index contributed by atoms with van der Waals surface area (Å²) >= 11 is 0. The summed E-state index contributed by atoms with van der Waals surface area (Å²) in [6, 6.07) is 15.3. The lowest BCUT2D eigenvalue weighted by Crippen LogP contribution is -2.36. The first-order chi connectivity index (χ1) is 13.5. The molecular formula is C22H27NO5. The van der Waals surface area contributed by atoms with E-state index in [0.717, 1.165) is 17.5 Å². The number of carbonyl (C=O) groups excluding carboxylic acids is 2. The van der Waals surface area contributed by atoms with Crippen LogP contribution in [0.3, 0.4) is 0 Å². The molecule has 6 heteroatoms. The van der Waals surface area contributed by atoms with Gasteiger partial charge in [-0.15, -0.1) is 0 Å². The summed E-state index contributed by atoms with van der Waals surface area (Å²) in [6.07, 6.45) is 0.528. The molecule has 0 saturated carbocycles. The van der Waals surface area contributed by atoms with Crippen LogP contribution >= 0.6 is 0 Å². The molecule has 0 heterocycles. The SMILES string of the molecule is COc1cc(CCC(=O)OC(C)C(=O)NCCc2ccccc2)cc(OC)c1. The summed E-state index contributed by atoms with van der Waals surface area (Å²) in [6.45, 7) is 2.07. The number of aryl methyl sites for hydroxylation is 1. The van der Waals surface area contributed by atoms with Crippen molar-refractivity contribution in [3.8, 4) is 11.5 Å². The van der Waals surface area contributed by atoms with Gasteiger partial charge in [-0.05, 0) is 43.0 Å². The number of rotatable bonds is 10. The fraction of sp³-hybridized carbons (Fsp3) is 0.364. The Balaban J connectivity index is 1.75. The minimum Gasteiger partial charge on any atom is -0.497 e. The van der Waals surface area contributed by atoms with Crippen LogP contribution in [0.25, 0.3) is 0 Å². The highest BCUT2D eigenvalue weighted by Crippen LogP contribution is 2.23. The van der Waals surface area contributed by atoms with Crippen LogP contribution in [0.15, 0.2) is 48.5 Å². The van der Waals surface area contributed by atoms with E-state index in [9.17, 15) is 9.59 Å². The van der Waals surface area contributed by atoms with Gasteiger partial charge in [0, 0.05) is 19.0 Å². The van der Waals surface area contributed by atoms with Crippen LogP contribution in [-0.2, 0) is 27.2 Å². The summed E-state index contributed by atoms with van der Waals surface area (Å²) in [5.41, 5.74) is 2.04. The van der Waals surface area contributed by atoms with Gasteiger partial charge in [0.15, 0.2) is 6.10 Å². The molecule has 1 unspecified atom stereocenters. The van der Waals surface area contributed by atoms with Crippen molar-refractivity contribution in [2.45, 2.75) is 32.3 Å². The van der Waals surface area contributed by atoms with Gasteiger partial charge in [0.2, 0.25) is 0 Å². The molecule has 1 N–H and O–H groups in total. The molecule has 0 saturated heterocycles. The van der Waals surface area contributed by atoms with E-state index < -0.39 is 12.1 Å². The van der Waals surface area contributed by atoms with Crippen LogP contribution in [0.4, 0.5) is 0 Å². The maximum atomic E-state index is 12.1. The summed E-state index contributed by atoms with van der Waals surface area (Å²) < 4.78 is 15.7. The predicted octanol–water partition coefficient (Wildman–Crippen LogP) is 2.93. The Morgan fingerprint density at radius 2 is 1.57 bits per heavy atom. The van der Waals surface area contributed by atoms with E-state index in [4.69, 9.17) is 14.2 Å². The third-order valence-electron chi connectivity index (χ3n) is 4.26. The van der Waals surface area contributed by atoms with Crippen molar-refractivity contribution in [1.82, 2.24) is 5.32 Å². The minimum atomic E-state index is -0.830. The second kappa shape index (κ2) is 11.0. The molecule has 2 rings (SSSR count). The van der Waals surface area contributed by atoms with E-state index in [0.29, 0.717) is 24.5 Å². The average molecular weight is 385 g/mol. The van der Waals surface area contributed by atoms with Crippen LogP contribution in [-0.4, -0.2) is 38.7 Å². The fourth-order valence-electron chi connectivity index (χ4n) is 2.69. The lowest BCUT2D eigenvalue weighted by atomic mass is 10.1. The fourth-order valence-corrected chi connectivity index (χ4v) is 2.69. The van der Waals surface area contributed by atoms with E-state index in [1.165, 1.54) is 0 Å². The molecule has 0 bridgehead atoms. The molecule has 0 radical (unpaired) electrons. The molecular weight excluding hydrogens is 358 g/mol. The zero-order valence-electron chi connectivity index (χ0n) is 16.6. The smallest absolute Gasteiger partial charge is 0.306 e. The van der Waals surface area contributed by atoms with Gasteiger partial charge in [-0.2, -0.15) is 0 Å². The number of benzene rings is 2. The number of amides is 1. The normalized spacial score (nSPS) is 11.4. The van der Waals surface area contributed by atoms with E-state index in [-0.39, 0.29) is 12.3 Å². The van der Waals surface area contributed by atoms with Gasteiger partial charge < -0.3 is 19.5 Å². The number of nitrogens with one attached hydrogen (secondary N) is 1. The maximum absolute atomic E-state index is 12.1. The van der Waals surface area contributed by atoms with E-state index in [1.807, 2.05) is 42.5 Å². The molecule has 28 heavy (non-hydrogen) atoms. The zero-order chi connectivity index (χ0) is 20.4. The first kappa shape index (κ1) is 21.3. The van der Waals surface area contributed by atoms with Crippen LogP contribution in [0.1, 0.15) is 24.5 Å². The Hall–Kier alpha value is -3.02. The zero-order valence-corrected chi connectivity index (χ0v) is 16.6. The van der Waals surface area contributed by atoms with Gasteiger partial charge >= 0.3 is 5.97 Å². The number of carbonyl (C=O) groups is 2. The highest BCUT2D eigenvalue weighted by Gasteiger charge is 2.17. The molecule has 2 aromatic carbocycles. The van der Waals surface area contributed by atoms with Crippen LogP contribution in [0.2, 0.25) is 0 Å². The Kier molecular flexibility index (Phi) is 8.34. The molecule has 0 aromatic heterocycles. The number of ether oxygens (including phenoxy) is 3. The highest BCUT2D eigenvalue weighted by atomic mass is 16.5. The Morgan fingerprint density at radius 3 is 2.18 bits per heavy atom. The van der Waals surface area contributed by atoms with Crippen LogP contribution in [0.5, 0.6) is 11.5 Å². The molecule has 6 nitrogen and oxygen atoms in total. The number of methoxy groups -OCH3 is 2. The van der Waals surface area contributed by atoms with Crippen molar-refractivity contribution in [2.75, 3.05) is 20.8 Å². The van der Waals surface area contributed by atoms with Gasteiger partial charge in [0.25, 0.3) is 5.91 Å². The van der Waals surface area contributed by atoms with Crippen molar-refractivity contribution < 1.29 is 23.8 Å². The van der Waals surface area contributed by atoms with E-state index >= 15 is 0 Å². The maximum Gasteiger partial charge on any atom is 0.306 e. The average Bonchev–Trinajstić information content (AvgIpc) is 2.72. The molecule has 150 valence electrons. The summed E-state index contributed by atoms with van der Waals surface area (Å²) in [7, 11) is 3.15. The Bertz CT molecular complexity index is 754. The first-order valence-corrected chi connectivity index (χ1v) is 9.25. The van der Waals surface area contributed by atoms with Gasteiger partial charge in [0.1, 0.15) is 11.5 Å². The van der Waals surface area contributed by atoms with Gasteiger partial charge in [-0.3, -0.25) is 9.59 Å². The lowest BCUT2D eigenvalue weighted by molar-refractivity contribution is -0.154. The van der Waals surface area contributed by atoms with Crippen LogP contribution < -0.4 is 14.8 Å². The number of esters is 1. The third kappa shape index (κ3) is 6.95. The van der Waals surface area contributed by atoms with Crippen LogP contribution in [0, 0.1) is 0 Å². The topological polar surface area (TPSA) is 73.9 Å². The number of hydrogen-bond donors (Lipinski definition) is 1. The second-order valence-electron chi connectivity index (χ2n) is 6.38. The van der Waals surface area contributed by atoms with Crippen molar-refractivity contribution >= 4 is 11.9 Å². The lowest BCUT2D eigenvalue weighted by Gasteiger charge is -2.14. The molecule has 0 fully saturated rings. The minimum absolute atomic E-state index is 0.165. The largest absolute Gasteiger partial charge is 0.497 e. The molecule has 0 aliphatic carbocycles.